The number of carbonyl (C=O) groups is 1. The third kappa shape index (κ3) is 5.31. The number of nitrogens with zero attached hydrogens (tertiary/aromatic N) is 1. The minimum Gasteiger partial charge on any atom is -0.489 e. The van der Waals surface area contributed by atoms with Crippen LogP contribution >= 0.6 is 15.9 Å². The van der Waals surface area contributed by atoms with E-state index in [0.29, 0.717) is 12.2 Å². The molecule has 0 spiro atoms. The predicted octanol–water partition coefficient (Wildman–Crippen LogP) is 8.14. The Bertz CT molecular complexity index is 1320. The Morgan fingerprint density at radius 2 is 1.56 bits per heavy atom. The summed E-state index contributed by atoms with van der Waals surface area (Å²) in [6, 6.07) is 32.2. The molecule has 1 aliphatic heterocycles. The van der Waals surface area contributed by atoms with E-state index in [1.807, 2.05) is 77.7 Å². The molecular weight excluding hydrogens is 512 g/mol. The number of aryl methyl sites for hydroxylation is 1. The molecule has 0 aliphatic carbocycles. The lowest BCUT2D eigenvalue weighted by Crippen LogP contribution is -2.43. The topological polar surface area (TPSA) is 41.6 Å². The molecule has 182 valence electrons. The number of unbranched alkanes of at least 4 members (excludes halogenated alkanes) is 1. The Hall–Kier alpha value is -3.57. The van der Waals surface area contributed by atoms with Crippen LogP contribution in [0.15, 0.2) is 102 Å². The van der Waals surface area contributed by atoms with E-state index < -0.39 is 0 Å². The van der Waals surface area contributed by atoms with Gasteiger partial charge in [0.05, 0.1) is 5.56 Å². The van der Waals surface area contributed by atoms with Crippen LogP contribution in [0.5, 0.6) is 5.75 Å². The quantitative estimate of drug-likeness (QED) is 0.245. The van der Waals surface area contributed by atoms with Gasteiger partial charge in [0.15, 0.2) is 0 Å². The second kappa shape index (κ2) is 11.0. The maximum absolute atomic E-state index is 13.7. The fraction of sp³-hybridized carbons (Fsp3) is 0.194. The molecule has 1 amide bonds. The number of ether oxygens (including phenoxy) is 1. The molecule has 0 saturated heterocycles. The van der Waals surface area contributed by atoms with Crippen LogP contribution in [-0.2, 0) is 13.0 Å². The lowest BCUT2D eigenvalue weighted by atomic mass is 10.0. The van der Waals surface area contributed by atoms with E-state index in [1.54, 1.807) is 0 Å². The summed E-state index contributed by atoms with van der Waals surface area (Å²) < 4.78 is 7.04. The summed E-state index contributed by atoms with van der Waals surface area (Å²) >= 11 is 3.46. The number of benzene rings is 4. The summed E-state index contributed by atoms with van der Waals surface area (Å²) in [5, 5.41) is 3.58. The number of rotatable bonds is 8. The lowest BCUT2D eigenvalue weighted by Gasteiger charge is -2.38. The zero-order valence-corrected chi connectivity index (χ0v) is 21.9. The van der Waals surface area contributed by atoms with Crippen molar-refractivity contribution in [2.45, 2.75) is 39.0 Å². The summed E-state index contributed by atoms with van der Waals surface area (Å²) in [6.45, 7) is 2.70. The van der Waals surface area contributed by atoms with Crippen molar-refractivity contribution >= 4 is 33.2 Å². The molecule has 0 saturated carbocycles. The fourth-order valence-electron chi connectivity index (χ4n) is 4.45. The minimum atomic E-state index is -0.325. The van der Waals surface area contributed by atoms with Crippen LogP contribution < -0.4 is 15.0 Å². The lowest BCUT2D eigenvalue weighted by molar-refractivity contribution is 0.0975. The van der Waals surface area contributed by atoms with Gasteiger partial charge in [-0.05, 0) is 78.1 Å². The van der Waals surface area contributed by atoms with Crippen molar-refractivity contribution in [1.82, 2.24) is 0 Å². The first-order valence-electron chi connectivity index (χ1n) is 12.4. The highest BCUT2D eigenvalue weighted by atomic mass is 79.9. The predicted molar refractivity (Wildman–Crippen MR) is 150 cm³/mol. The van der Waals surface area contributed by atoms with E-state index in [4.69, 9.17) is 4.74 Å². The summed E-state index contributed by atoms with van der Waals surface area (Å²) in [5.41, 5.74) is 5.79. The molecule has 0 fully saturated rings. The Balaban J connectivity index is 1.40. The van der Waals surface area contributed by atoms with Gasteiger partial charge >= 0.3 is 0 Å². The molecule has 1 aliphatic rings. The zero-order chi connectivity index (χ0) is 24.9. The number of fused-ring (bicyclic) bond motifs is 1. The SMILES string of the molecule is CCCCc1ccc(N2C(=O)c3ccccc3N[C@@H]2c2ccc(OCc3ccc(Br)cc3)cc2)cc1. The molecule has 1 N–H and O–H groups in total. The van der Waals surface area contributed by atoms with Gasteiger partial charge in [-0.1, -0.05) is 77.8 Å². The van der Waals surface area contributed by atoms with E-state index in [2.05, 4.69) is 52.4 Å². The second-order valence-corrected chi connectivity index (χ2v) is 9.94. The second-order valence-electron chi connectivity index (χ2n) is 9.02. The molecule has 4 aromatic carbocycles. The number of amides is 1. The third-order valence-corrected chi connectivity index (χ3v) is 7.00. The number of nitrogens with one attached hydrogen (secondary N) is 1. The van der Waals surface area contributed by atoms with Gasteiger partial charge in [-0.25, -0.2) is 0 Å². The Kier molecular flexibility index (Phi) is 7.38. The summed E-state index contributed by atoms with van der Waals surface area (Å²) in [5.74, 6) is 0.780. The molecule has 0 aromatic heterocycles. The van der Waals surface area contributed by atoms with Crippen LogP contribution in [0.2, 0.25) is 0 Å². The molecule has 0 unspecified atom stereocenters. The van der Waals surface area contributed by atoms with E-state index in [-0.39, 0.29) is 12.1 Å². The molecule has 4 aromatic rings. The number of para-hydroxylation sites is 1. The summed E-state index contributed by atoms with van der Waals surface area (Å²) in [6.07, 6.45) is 3.06. The molecule has 1 heterocycles. The van der Waals surface area contributed by atoms with Gasteiger partial charge in [0.2, 0.25) is 0 Å². The van der Waals surface area contributed by atoms with Crippen LogP contribution in [-0.4, -0.2) is 5.91 Å². The number of carbonyl (C=O) groups excluding carboxylic acids is 1. The molecule has 0 bridgehead atoms. The molecular formula is C31H29BrN2O2. The van der Waals surface area contributed by atoms with Crippen LogP contribution in [0.3, 0.4) is 0 Å². The van der Waals surface area contributed by atoms with Crippen LogP contribution in [0, 0.1) is 0 Å². The standard InChI is InChI=1S/C31H29BrN2O2/c1-2-3-6-22-11-17-26(18-12-22)34-30(33-29-8-5-4-7-28(29)31(34)35)24-13-19-27(20-14-24)36-21-23-9-15-25(32)16-10-23/h4-5,7-20,30,33H,2-3,6,21H2,1H3/t30-/m0/s1. The van der Waals surface area contributed by atoms with Crippen molar-refractivity contribution < 1.29 is 9.53 Å². The van der Waals surface area contributed by atoms with Crippen molar-refractivity contribution in [3.8, 4) is 5.75 Å². The van der Waals surface area contributed by atoms with Crippen molar-refractivity contribution in [3.05, 3.63) is 124 Å². The van der Waals surface area contributed by atoms with Crippen LogP contribution in [0.25, 0.3) is 0 Å². The largest absolute Gasteiger partial charge is 0.489 e. The van der Waals surface area contributed by atoms with Gasteiger partial charge in [0.25, 0.3) is 5.91 Å². The van der Waals surface area contributed by atoms with E-state index in [0.717, 1.165) is 52.0 Å². The number of anilines is 2. The summed E-state index contributed by atoms with van der Waals surface area (Å²) in [7, 11) is 0. The van der Waals surface area contributed by atoms with Crippen molar-refractivity contribution in [2.24, 2.45) is 0 Å². The van der Waals surface area contributed by atoms with Gasteiger partial charge in [0.1, 0.15) is 18.5 Å². The Morgan fingerprint density at radius 1 is 0.861 bits per heavy atom. The Morgan fingerprint density at radius 3 is 2.28 bits per heavy atom. The highest BCUT2D eigenvalue weighted by Crippen LogP contribution is 2.37. The highest BCUT2D eigenvalue weighted by Gasteiger charge is 2.34. The first kappa shape index (κ1) is 24.1. The minimum absolute atomic E-state index is 0.00813. The average molecular weight is 541 g/mol. The molecule has 36 heavy (non-hydrogen) atoms. The van der Waals surface area contributed by atoms with E-state index in [9.17, 15) is 4.79 Å². The van der Waals surface area contributed by atoms with E-state index >= 15 is 0 Å². The Labute approximate surface area is 221 Å². The smallest absolute Gasteiger partial charge is 0.262 e. The van der Waals surface area contributed by atoms with Crippen molar-refractivity contribution in [3.63, 3.8) is 0 Å². The van der Waals surface area contributed by atoms with Gasteiger partial charge < -0.3 is 10.1 Å². The number of halogens is 1. The van der Waals surface area contributed by atoms with Gasteiger partial charge in [0, 0.05) is 15.8 Å². The highest BCUT2D eigenvalue weighted by molar-refractivity contribution is 9.10. The number of hydrogen-bond acceptors (Lipinski definition) is 3. The maximum Gasteiger partial charge on any atom is 0.262 e. The van der Waals surface area contributed by atoms with Crippen LogP contribution in [0.1, 0.15) is 53.0 Å². The molecule has 1 atom stereocenters. The monoisotopic (exact) mass is 540 g/mol. The zero-order valence-electron chi connectivity index (χ0n) is 20.3. The fourth-order valence-corrected chi connectivity index (χ4v) is 4.72. The van der Waals surface area contributed by atoms with Crippen LogP contribution in [0.4, 0.5) is 11.4 Å². The first-order chi connectivity index (χ1) is 17.6. The van der Waals surface area contributed by atoms with Gasteiger partial charge in [-0.3, -0.25) is 9.69 Å². The first-order valence-corrected chi connectivity index (χ1v) is 13.2. The maximum atomic E-state index is 13.7. The molecule has 5 heteroatoms. The van der Waals surface area contributed by atoms with E-state index in [1.165, 1.54) is 5.56 Å². The van der Waals surface area contributed by atoms with Crippen molar-refractivity contribution in [2.75, 3.05) is 10.2 Å². The van der Waals surface area contributed by atoms with Gasteiger partial charge in [-0.15, -0.1) is 0 Å². The molecule has 0 radical (unpaired) electrons. The number of hydrogen-bond donors (Lipinski definition) is 1. The molecule has 4 nitrogen and oxygen atoms in total. The van der Waals surface area contributed by atoms with Gasteiger partial charge in [-0.2, -0.15) is 0 Å². The molecule has 5 rings (SSSR count). The summed E-state index contributed by atoms with van der Waals surface area (Å²) in [4.78, 5) is 15.5. The average Bonchev–Trinajstić information content (AvgIpc) is 2.92. The third-order valence-electron chi connectivity index (χ3n) is 6.47. The van der Waals surface area contributed by atoms with Crippen molar-refractivity contribution in [1.29, 1.82) is 0 Å². The normalized spacial score (nSPS) is 14.8.